The van der Waals surface area contributed by atoms with Crippen LogP contribution >= 0.6 is 0 Å². The first-order valence-corrected chi connectivity index (χ1v) is 32.6. The minimum Gasteiger partial charge on any atom is -0.310 e. The molecule has 12 aromatic carbocycles. The molecule has 7 aliphatic carbocycles. The summed E-state index contributed by atoms with van der Waals surface area (Å²) < 4.78 is 0. The lowest BCUT2D eigenvalue weighted by molar-refractivity contribution is -0.0399. The predicted octanol–water partition coefficient (Wildman–Crippen LogP) is 22.6. The van der Waals surface area contributed by atoms with Gasteiger partial charge in [-0.2, -0.15) is 0 Å². The van der Waals surface area contributed by atoms with Gasteiger partial charge in [-0.3, -0.25) is 4.98 Å². The summed E-state index contributed by atoms with van der Waals surface area (Å²) in [5.74, 6) is 2.89. The standard InChI is InChI=1S/C88H64N2/c1-4-16-58(17-5-1)61-32-36-69(37-33-61)90(71-40-41-83-78(53-71)74-24-12-15-27-82(74)88(83)80-25-13-10-22-72(80)73-23-11-14-26-81(73)88)70-38-34-62(35-39-70)60-28-30-64(31-29-60)76-55-84-79(54-75(76)65-42-44-89-45-43-65)86-77(63-20-8-3-9-21-63)51-66(59-18-6-2-7-19-59)52-85(86)87(84)67-47-56-46-57(49-67)50-68(87)48-56/h1-45,51-57,67-68H,46-50H2. The zero-order valence-electron chi connectivity index (χ0n) is 50.1. The first kappa shape index (κ1) is 51.6. The zero-order valence-corrected chi connectivity index (χ0v) is 50.1. The summed E-state index contributed by atoms with van der Waals surface area (Å²) in [7, 11) is 0. The average molecular weight is 1150 g/mol. The molecule has 4 saturated carbocycles. The van der Waals surface area contributed by atoms with E-state index in [9.17, 15) is 0 Å². The second-order valence-electron chi connectivity index (χ2n) is 26.5. The van der Waals surface area contributed by atoms with Gasteiger partial charge < -0.3 is 4.90 Å². The lowest BCUT2D eigenvalue weighted by Gasteiger charge is -2.61. The molecule has 0 radical (unpaired) electrons. The third-order valence-corrected chi connectivity index (χ3v) is 22.2. The third kappa shape index (κ3) is 7.55. The van der Waals surface area contributed by atoms with Crippen molar-refractivity contribution in [2.75, 3.05) is 4.90 Å². The van der Waals surface area contributed by atoms with Gasteiger partial charge in [0.25, 0.3) is 0 Å². The summed E-state index contributed by atoms with van der Waals surface area (Å²) in [6, 6.07) is 110. The van der Waals surface area contributed by atoms with Gasteiger partial charge in [-0.15, -0.1) is 0 Å². The molecule has 0 saturated heterocycles. The molecule has 2 heteroatoms. The van der Waals surface area contributed by atoms with Crippen LogP contribution in [0.4, 0.5) is 17.1 Å². The van der Waals surface area contributed by atoms with E-state index in [2.05, 4.69) is 301 Å². The maximum Gasteiger partial charge on any atom is 0.0725 e. The monoisotopic (exact) mass is 1150 g/mol. The van der Waals surface area contributed by atoms with Crippen molar-refractivity contribution in [1.82, 2.24) is 4.98 Å². The molecule has 13 aromatic rings. The fourth-order valence-corrected chi connectivity index (χ4v) is 18.8. The molecule has 4 bridgehead atoms. The van der Waals surface area contributed by atoms with Gasteiger partial charge in [0.2, 0.25) is 0 Å². The number of anilines is 3. The van der Waals surface area contributed by atoms with Crippen molar-refractivity contribution in [2.45, 2.75) is 42.9 Å². The number of fused-ring (bicyclic) bond motifs is 13. The third-order valence-electron chi connectivity index (χ3n) is 22.2. The fraction of sp³-hybridized carbons (Fsp3) is 0.125. The van der Waals surface area contributed by atoms with Crippen molar-refractivity contribution in [3.05, 3.63) is 337 Å². The van der Waals surface area contributed by atoms with Crippen LogP contribution in [0.3, 0.4) is 0 Å². The Kier molecular flexibility index (Phi) is 11.5. The second kappa shape index (κ2) is 20.1. The number of rotatable bonds is 9. The predicted molar refractivity (Wildman–Crippen MR) is 371 cm³/mol. The maximum absolute atomic E-state index is 4.55. The first-order chi connectivity index (χ1) is 44.6. The van der Waals surface area contributed by atoms with E-state index in [1.165, 1.54) is 155 Å². The smallest absolute Gasteiger partial charge is 0.0725 e. The molecule has 1 heterocycles. The molecule has 0 aliphatic heterocycles. The van der Waals surface area contributed by atoms with Crippen LogP contribution in [0.15, 0.2) is 304 Å². The molecule has 2 spiro atoms. The molecule has 4 fully saturated rings. The highest BCUT2D eigenvalue weighted by atomic mass is 15.1. The zero-order chi connectivity index (χ0) is 59.1. The summed E-state index contributed by atoms with van der Waals surface area (Å²) in [5, 5.41) is 0. The summed E-state index contributed by atoms with van der Waals surface area (Å²) in [4.78, 5) is 6.99. The van der Waals surface area contributed by atoms with E-state index in [0.29, 0.717) is 11.8 Å². The van der Waals surface area contributed by atoms with Crippen LogP contribution in [0.1, 0.15) is 65.5 Å². The highest BCUT2D eigenvalue weighted by molar-refractivity contribution is 6.01. The maximum atomic E-state index is 4.55. The SMILES string of the molecule is c1ccc(-c2ccc(N(c3ccc(-c4ccc(-c5cc6c(cc5-c5ccncc5)-c5c(-c7ccccc7)cc(-c7ccccc7)cc5C65C6CC7CC(C6)CC5C7)cc4)cc3)c3ccc4c(c3)-c3ccccc3C43c4ccccc4-c4ccccc43)cc2)cc1. The van der Waals surface area contributed by atoms with E-state index in [1.54, 1.807) is 11.1 Å². The van der Waals surface area contributed by atoms with Gasteiger partial charge in [-0.1, -0.05) is 218 Å². The van der Waals surface area contributed by atoms with Crippen LogP contribution in [0, 0.1) is 23.7 Å². The number of hydrogen-bond acceptors (Lipinski definition) is 2. The molecular formula is C88H64N2. The van der Waals surface area contributed by atoms with Crippen molar-refractivity contribution in [2.24, 2.45) is 23.7 Å². The lowest BCUT2D eigenvalue weighted by atomic mass is 9.43. The van der Waals surface area contributed by atoms with Crippen molar-refractivity contribution < 1.29 is 0 Å². The quantitative estimate of drug-likeness (QED) is 0.143. The molecule has 2 nitrogen and oxygen atoms in total. The highest BCUT2D eigenvalue weighted by Gasteiger charge is 2.62. The van der Waals surface area contributed by atoms with Gasteiger partial charge in [0.05, 0.1) is 5.41 Å². The fourth-order valence-electron chi connectivity index (χ4n) is 18.8. The van der Waals surface area contributed by atoms with Crippen molar-refractivity contribution in [3.8, 4) is 100 Å². The number of pyridine rings is 1. The van der Waals surface area contributed by atoms with E-state index in [1.807, 2.05) is 12.4 Å². The number of nitrogens with zero attached hydrogens (tertiary/aromatic N) is 2. The Morgan fingerprint density at radius 3 is 1.22 bits per heavy atom. The van der Waals surface area contributed by atoms with Crippen LogP contribution in [0.25, 0.3) is 100 Å². The summed E-state index contributed by atoms with van der Waals surface area (Å²) in [5.41, 5.74) is 34.5. The Labute approximate surface area is 527 Å². The molecule has 0 unspecified atom stereocenters. The highest BCUT2D eigenvalue weighted by Crippen LogP contribution is 2.71. The van der Waals surface area contributed by atoms with Gasteiger partial charge >= 0.3 is 0 Å². The number of benzene rings is 12. The Morgan fingerprint density at radius 2 is 0.667 bits per heavy atom. The molecule has 1 aromatic heterocycles. The van der Waals surface area contributed by atoms with E-state index in [-0.39, 0.29) is 5.41 Å². The van der Waals surface area contributed by atoms with Gasteiger partial charge in [-0.05, 0) is 262 Å². The van der Waals surface area contributed by atoms with E-state index in [4.69, 9.17) is 0 Å². The molecule has 7 aliphatic rings. The van der Waals surface area contributed by atoms with Crippen molar-refractivity contribution in [1.29, 1.82) is 0 Å². The van der Waals surface area contributed by atoms with Crippen molar-refractivity contribution >= 4 is 17.1 Å². The number of hydrogen-bond donors (Lipinski definition) is 0. The van der Waals surface area contributed by atoms with Gasteiger partial charge in [-0.25, -0.2) is 0 Å². The Hall–Kier alpha value is -10.4. The van der Waals surface area contributed by atoms with Crippen LogP contribution in [0.2, 0.25) is 0 Å². The topological polar surface area (TPSA) is 16.1 Å². The Morgan fingerprint density at radius 1 is 0.256 bits per heavy atom. The molecule has 0 atom stereocenters. The molecule has 0 N–H and O–H groups in total. The molecule has 20 rings (SSSR count). The first-order valence-electron chi connectivity index (χ1n) is 32.6. The lowest BCUT2D eigenvalue weighted by Crippen LogP contribution is -2.55. The largest absolute Gasteiger partial charge is 0.310 e. The van der Waals surface area contributed by atoms with Gasteiger partial charge in [0, 0.05) is 34.9 Å². The summed E-state index contributed by atoms with van der Waals surface area (Å²) >= 11 is 0. The summed E-state index contributed by atoms with van der Waals surface area (Å²) in [6.07, 6.45) is 10.6. The minimum absolute atomic E-state index is 0.0572. The van der Waals surface area contributed by atoms with Gasteiger partial charge in [0.1, 0.15) is 0 Å². The number of aromatic nitrogens is 1. The molecule has 90 heavy (non-hydrogen) atoms. The van der Waals surface area contributed by atoms with E-state index < -0.39 is 5.41 Å². The second-order valence-corrected chi connectivity index (χ2v) is 26.5. The normalized spacial score (nSPS) is 19.5. The van der Waals surface area contributed by atoms with Crippen LogP contribution < -0.4 is 4.90 Å². The Balaban J connectivity index is 0.729. The van der Waals surface area contributed by atoms with Crippen LogP contribution in [0.5, 0.6) is 0 Å². The van der Waals surface area contributed by atoms with Crippen LogP contribution in [-0.2, 0) is 10.8 Å². The van der Waals surface area contributed by atoms with E-state index in [0.717, 1.165) is 28.9 Å². The van der Waals surface area contributed by atoms with Gasteiger partial charge in [0.15, 0.2) is 0 Å². The van der Waals surface area contributed by atoms with Crippen LogP contribution in [-0.4, -0.2) is 4.98 Å². The minimum atomic E-state index is -0.402. The Bertz CT molecular complexity index is 4900. The molecule has 426 valence electrons. The summed E-state index contributed by atoms with van der Waals surface area (Å²) in [6.45, 7) is 0. The average Bonchev–Trinajstić information content (AvgIpc) is 1.48. The van der Waals surface area contributed by atoms with Crippen molar-refractivity contribution in [3.63, 3.8) is 0 Å². The molecular weight excluding hydrogens is 1080 g/mol. The molecule has 0 amide bonds. The van der Waals surface area contributed by atoms with E-state index >= 15 is 0 Å².